The quantitative estimate of drug-likeness (QED) is 0.827. The van der Waals surface area contributed by atoms with E-state index in [-0.39, 0.29) is 11.9 Å². The second-order valence-electron chi connectivity index (χ2n) is 6.97. The van der Waals surface area contributed by atoms with Crippen LogP contribution in [0, 0.1) is 0 Å². The molecule has 1 amide bonds. The van der Waals surface area contributed by atoms with Crippen molar-refractivity contribution in [1.29, 1.82) is 0 Å². The molecule has 2 aromatic carbocycles. The van der Waals surface area contributed by atoms with Gasteiger partial charge in [0.25, 0.3) is 0 Å². The van der Waals surface area contributed by atoms with Crippen molar-refractivity contribution >= 4 is 21.6 Å². The lowest BCUT2D eigenvalue weighted by Crippen LogP contribution is -2.50. The number of nitrogens with zero attached hydrogens (tertiary/aromatic N) is 1. The highest BCUT2D eigenvalue weighted by atomic mass is 32.2. The van der Waals surface area contributed by atoms with Gasteiger partial charge < -0.3 is 5.32 Å². The van der Waals surface area contributed by atoms with Crippen LogP contribution in [0.2, 0.25) is 0 Å². The monoisotopic (exact) mass is 386 g/mol. The predicted molar refractivity (Wildman–Crippen MR) is 108 cm³/mol. The van der Waals surface area contributed by atoms with Crippen LogP contribution in [0.4, 0.5) is 5.69 Å². The number of nitrogens with one attached hydrogen (secondary N) is 1. The van der Waals surface area contributed by atoms with E-state index in [1.54, 1.807) is 24.3 Å². The Hall–Kier alpha value is -2.34. The van der Waals surface area contributed by atoms with Crippen LogP contribution in [0.5, 0.6) is 0 Å². The summed E-state index contributed by atoms with van der Waals surface area (Å²) >= 11 is 0. The Kier molecular flexibility index (Phi) is 5.85. The molecule has 0 unspecified atom stereocenters. The standard InChI is InChI=1S/C21H26N2O3S/c1-3-20(23(27(2,25)26)17-12-5-4-6-13-17)21(24)22-19-15-9-11-16-10-7-8-14-18(16)19/h4-8,10,12-14,19-20H,3,9,11,15H2,1-2H3,(H,22,24)/t19-,20+/m1/s1. The number of carbonyl (C=O) groups excluding carboxylic acids is 1. The number of benzene rings is 2. The Morgan fingerprint density at radius 3 is 2.48 bits per heavy atom. The first-order valence-corrected chi connectivity index (χ1v) is 11.2. The molecule has 0 fully saturated rings. The molecule has 6 heteroatoms. The minimum atomic E-state index is -3.60. The van der Waals surface area contributed by atoms with Gasteiger partial charge in [-0.1, -0.05) is 49.4 Å². The zero-order chi connectivity index (χ0) is 19.4. The molecule has 2 aromatic rings. The number of hydrogen-bond donors (Lipinski definition) is 1. The largest absolute Gasteiger partial charge is 0.347 e. The highest BCUT2D eigenvalue weighted by Gasteiger charge is 2.33. The summed E-state index contributed by atoms with van der Waals surface area (Å²) in [5.74, 6) is -0.256. The summed E-state index contributed by atoms with van der Waals surface area (Å²) in [7, 11) is -3.60. The lowest BCUT2D eigenvalue weighted by molar-refractivity contribution is -0.123. The molecule has 0 spiro atoms. The Morgan fingerprint density at radius 1 is 1.15 bits per heavy atom. The van der Waals surface area contributed by atoms with Gasteiger partial charge in [0, 0.05) is 0 Å². The lowest BCUT2D eigenvalue weighted by Gasteiger charge is -2.33. The number of amides is 1. The fourth-order valence-electron chi connectivity index (χ4n) is 3.81. The van der Waals surface area contributed by atoms with Gasteiger partial charge >= 0.3 is 0 Å². The van der Waals surface area contributed by atoms with E-state index < -0.39 is 16.1 Å². The van der Waals surface area contributed by atoms with Crippen LogP contribution in [-0.2, 0) is 21.2 Å². The third-order valence-electron chi connectivity index (χ3n) is 5.03. The van der Waals surface area contributed by atoms with E-state index in [2.05, 4.69) is 11.4 Å². The predicted octanol–water partition coefficient (Wildman–Crippen LogP) is 3.43. The molecule has 0 aromatic heterocycles. The summed E-state index contributed by atoms with van der Waals surface area (Å²) in [4.78, 5) is 13.1. The van der Waals surface area contributed by atoms with Crippen molar-refractivity contribution in [2.45, 2.75) is 44.7 Å². The Labute approximate surface area is 161 Å². The van der Waals surface area contributed by atoms with Gasteiger partial charge in [-0.15, -0.1) is 0 Å². The summed E-state index contributed by atoms with van der Waals surface area (Å²) in [5.41, 5.74) is 2.90. The van der Waals surface area contributed by atoms with Crippen LogP contribution in [0.3, 0.4) is 0 Å². The van der Waals surface area contributed by atoms with E-state index in [1.165, 1.54) is 9.87 Å². The van der Waals surface area contributed by atoms with Crippen molar-refractivity contribution in [3.05, 3.63) is 65.7 Å². The summed E-state index contributed by atoms with van der Waals surface area (Å²) in [6.45, 7) is 1.83. The Morgan fingerprint density at radius 2 is 1.81 bits per heavy atom. The summed E-state index contributed by atoms with van der Waals surface area (Å²) in [6.07, 6.45) is 4.42. The third kappa shape index (κ3) is 4.33. The maximum absolute atomic E-state index is 13.1. The van der Waals surface area contributed by atoms with Crippen LogP contribution in [0.25, 0.3) is 0 Å². The number of anilines is 1. The molecule has 0 saturated carbocycles. The highest BCUT2D eigenvalue weighted by Crippen LogP contribution is 2.30. The maximum atomic E-state index is 13.1. The van der Waals surface area contributed by atoms with E-state index in [0.29, 0.717) is 12.1 Å². The van der Waals surface area contributed by atoms with Gasteiger partial charge in [0.05, 0.1) is 18.0 Å². The molecule has 5 nitrogen and oxygen atoms in total. The number of para-hydroxylation sites is 1. The van der Waals surface area contributed by atoms with Crippen LogP contribution < -0.4 is 9.62 Å². The van der Waals surface area contributed by atoms with Crippen LogP contribution in [-0.4, -0.2) is 26.6 Å². The molecule has 0 aliphatic heterocycles. The number of rotatable bonds is 6. The summed E-state index contributed by atoms with van der Waals surface area (Å²) < 4.78 is 26.2. The molecule has 2 atom stereocenters. The lowest BCUT2D eigenvalue weighted by atomic mass is 9.87. The zero-order valence-electron chi connectivity index (χ0n) is 15.8. The Balaban J connectivity index is 1.87. The molecular weight excluding hydrogens is 360 g/mol. The molecule has 1 N–H and O–H groups in total. The van der Waals surface area contributed by atoms with E-state index in [0.717, 1.165) is 31.1 Å². The van der Waals surface area contributed by atoms with Crippen molar-refractivity contribution in [1.82, 2.24) is 5.32 Å². The number of hydrogen-bond acceptors (Lipinski definition) is 3. The first kappa shape index (κ1) is 19.4. The fraction of sp³-hybridized carbons (Fsp3) is 0.381. The smallest absolute Gasteiger partial charge is 0.244 e. The summed E-state index contributed by atoms with van der Waals surface area (Å²) in [6, 6.07) is 16.1. The van der Waals surface area contributed by atoms with Crippen molar-refractivity contribution in [2.75, 3.05) is 10.6 Å². The number of aryl methyl sites for hydroxylation is 1. The van der Waals surface area contributed by atoms with Crippen LogP contribution in [0.1, 0.15) is 43.4 Å². The van der Waals surface area contributed by atoms with Crippen LogP contribution >= 0.6 is 0 Å². The topological polar surface area (TPSA) is 66.5 Å². The average Bonchev–Trinajstić information content (AvgIpc) is 2.66. The van der Waals surface area contributed by atoms with Gasteiger partial charge in [0.15, 0.2) is 0 Å². The van der Waals surface area contributed by atoms with Crippen molar-refractivity contribution in [2.24, 2.45) is 0 Å². The molecule has 3 rings (SSSR count). The second kappa shape index (κ2) is 8.13. The minimum absolute atomic E-state index is 0.0753. The maximum Gasteiger partial charge on any atom is 0.244 e. The third-order valence-corrected chi connectivity index (χ3v) is 6.21. The molecule has 0 radical (unpaired) electrons. The van der Waals surface area contributed by atoms with Crippen molar-refractivity contribution in [3.63, 3.8) is 0 Å². The first-order chi connectivity index (χ1) is 12.9. The van der Waals surface area contributed by atoms with E-state index >= 15 is 0 Å². The summed E-state index contributed by atoms with van der Waals surface area (Å²) in [5, 5.41) is 3.10. The van der Waals surface area contributed by atoms with Gasteiger partial charge in [0.2, 0.25) is 15.9 Å². The molecule has 1 aliphatic carbocycles. The van der Waals surface area contributed by atoms with Gasteiger partial charge in [-0.05, 0) is 48.9 Å². The van der Waals surface area contributed by atoms with Gasteiger partial charge in [0.1, 0.15) is 6.04 Å². The van der Waals surface area contributed by atoms with Crippen LogP contribution in [0.15, 0.2) is 54.6 Å². The number of carbonyl (C=O) groups is 1. The molecule has 27 heavy (non-hydrogen) atoms. The molecule has 0 heterocycles. The Bertz CT molecular complexity index is 897. The van der Waals surface area contributed by atoms with Crippen molar-refractivity contribution < 1.29 is 13.2 Å². The molecule has 0 saturated heterocycles. The molecule has 144 valence electrons. The van der Waals surface area contributed by atoms with Gasteiger partial charge in [-0.2, -0.15) is 0 Å². The van der Waals surface area contributed by atoms with Crippen molar-refractivity contribution in [3.8, 4) is 0 Å². The SMILES string of the molecule is CC[C@@H](C(=O)N[C@@H]1CCCc2ccccc21)N(c1ccccc1)S(C)(=O)=O. The molecular formula is C21H26N2O3S. The minimum Gasteiger partial charge on any atom is -0.347 e. The number of sulfonamides is 1. The molecule has 1 aliphatic rings. The number of fused-ring (bicyclic) bond motifs is 1. The second-order valence-corrected chi connectivity index (χ2v) is 8.83. The first-order valence-electron chi connectivity index (χ1n) is 9.34. The van der Waals surface area contributed by atoms with E-state index in [9.17, 15) is 13.2 Å². The van der Waals surface area contributed by atoms with Gasteiger partial charge in [-0.3, -0.25) is 9.10 Å². The molecule has 0 bridgehead atoms. The zero-order valence-corrected chi connectivity index (χ0v) is 16.6. The highest BCUT2D eigenvalue weighted by molar-refractivity contribution is 7.92. The van der Waals surface area contributed by atoms with E-state index in [1.807, 2.05) is 31.2 Å². The average molecular weight is 387 g/mol. The fourth-order valence-corrected chi connectivity index (χ4v) is 5.02. The van der Waals surface area contributed by atoms with Gasteiger partial charge in [-0.25, -0.2) is 8.42 Å². The normalized spacial score (nSPS) is 17.6. The van der Waals surface area contributed by atoms with E-state index in [4.69, 9.17) is 0 Å².